The number of anilines is 1. The molecule has 0 bridgehead atoms. The summed E-state index contributed by atoms with van der Waals surface area (Å²) in [7, 11) is 0. The van der Waals surface area contributed by atoms with Gasteiger partial charge in [-0.25, -0.2) is 0 Å². The van der Waals surface area contributed by atoms with Crippen LogP contribution in [0, 0.1) is 0 Å². The van der Waals surface area contributed by atoms with Gasteiger partial charge in [0.25, 0.3) is 0 Å². The number of hydrogen-bond acceptors (Lipinski definition) is 4. The van der Waals surface area contributed by atoms with E-state index in [1.807, 2.05) is 36.4 Å². The quantitative estimate of drug-likeness (QED) is 0.589. The molecule has 0 aliphatic heterocycles. The van der Waals surface area contributed by atoms with E-state index in [0.717, 1.165) is 16.4 Å². The van der Waals surface area contributed by atoms with Gasteiger partial charge in [-0.2, -0.15) is 4.98 Å². The second-order valence-electron chi connectivity index (χ2n) is 5.42. The summed E-state index contributed by atoms with van der Waals surface area (Å²) in [5.41, 5.74) is 3.53. The van der Waals surface area contributed by atoms with Gasteiger partial charge in [-0.05, 0) is 30.7 Å². The summed E-state index contributed by atoms with van der Waals surface area (Å²) in [5, 5.41) is 13.3. The van der Waals surface area contributed by atoms with Crippen LogP contribution in [0.15, 0.2) is 48.5 Å². The summed E-state index contributed by atoms with van der Waals surface area (Å²) >= 11 is 6.05. The van der Waals surface area contributed by atoms with Crippen LogP contribution in [0.2, 0.25) is 5.02 Å². The first-order valence-corrected chi connectivity index (χ1v) is 7.71. The van der Waals surface area contributed by atoms with E-state index in [4.69, 9.17) is 11.6 Å². The first-order valence-electron chi connectivity index (χ1n) is 7.34. The van der Waals surface area contributed by atoms with Crippen molar-refractivity contribution in [1.82, 2.24) is 20.2 Å². The Morgan fingerprint density at radius 1 is 1.09 bits per heavy atom. The SMILES string of the molecule is CC(Nc1nnc2c(n1)[nH]c1ccc(Cl)cc12)c1ccccc1. The van der Waals surface area contributed by atoms with Crippen LogP contribution in [0.1, 0.15) is 18.5 Å². The molecule has 1 atom stereocenters. The number of aromatic amines is 1. The summed E-state index contributed by atoms with van der Waals surface area (Å²) in [5.74, 6) is 0.492. The van der Waals surface area contributed by atoms with Crippen LogP contribution in [0.3, 0.4) is 0 Å². The van der Waals surface area contributed by atoms with Crippen molar-refractivity contribution in [3.63, 3.8) is 0 Å². The number of rotatable bonds is 3. The van der Waals surface area contributed by atoms with Crippen molar-refractivity contribution >= 4 is 39.6 Å². The van der Waals surface area contributed by atoms with Crippen molar-refractivity contribution in [3.05, 3.63) is 59.1 Å². The highest BCUT2D eigenvalue weighted by Crippen LogP contribution is 2.26. The number of hydrogen-bond donors (Lipinski definition) is 2. The zero-order chi connectivity index (χ0) is 15.8. The largest absolute Gasteiger partial charge is 0.346 e. The lowest BCUT2D eigenvalue weighted by molar-refractivity contribution is 0.848. The maximum absolute atomic E-state index is 6.05. The standard InChI is InChI=1S/C17H14ClN5/c1-10(11-5-3-2-4-6-11)19-17-21-16-15(22-23-17)13-9-12(18)7-8-14(13)20-16/h2-10H,1H3,(H2,19,20,21,23). The van der Waals surface area contributed by atoms with Crippen molar-refractivity contribution < 1.29 is 0 Å². The topological polar surface area (TPSA) is 66.5 Å². The minimum Gasteiger partial charge on any atom is -0.346 e. The Hall–Kier alpha value is -2.66. The molecule has 2 aromatic heterocycles. The number of nitrogens with zero attached hydrogens (tertiary/aromatic N) is 3. The molecule has 2 heterocycles. The highest BCUT2D eigenvalue weighted by molar-refractivity contribution is 6.31. The smallest absolute Gasteiger partial charge is 0.245 e. The zero-order valence-corrected chi connectivity index (χ0v) is 13.2. The van der Waals surface area contributed by atoms with Crippen molar-refractivity contribution in [1.29, 1.82) is 0 Å². The van der Waals surface area contributed by atoms with Crippen LogP contribution < -0.4 is 5.32 Å². The fraction of sp³-hybridized carbons (Fsp3) is 0.118. The lowest BCUT2D eigenvalue weighted by Gasteiger charge is -2.13. The summed E-state index contributed by atoms with van der Waals surface area (Å²) in [6.45, 7) is 2.06. The second-order valence-corrected chi connectivity index (χ2v) is 5.86. The van der Waals surface area contributed by atoms with Crippen LogP contribution in [-0.2, 0) is 0 Å². The predicted molar refractivity (Wildman–Crippen MR) is 92.7 cm³/mol. The molecule has 0 saturated heterocycles. The van der Waals surface area contributed by atoms with Gasteiger partial charge >= 0.3 is 0 Å². The molecule has 1 unspecified atom stereocenters. The van der Waals surface area contributed by atoms with Crippen LogP contribution in [-0.4, -0.2) is 20.2 Å². The summed E-state index contributed by atoms with van der Waals surface area (Å²) < 4.78 is 0. The van der Waals surface area contributed by atoms with Gasteiger partial charge in [0.2, 0.25) is 5.95 Å². The molecule has 0 fully saturated rings. The molecule has 0 radical (unpaired) electrons. The van der Waals surface area contributed by atoms with Crippen LogP contribution in [0.5, 0.6) is 0 Å². The zero-order valence-electron chi connectivity index (χ0n) is 12.4. The Balaban J connectivity index is 1.70. The Kier molecular flexibility index (Phi) is 3.35. The Labute approximate surface area is 137 Å². The maximum atomic E-state index is 6.05. The van der Waals surface area contributed by atoms with Gasteiger partial charge in [0.1, 0.15) is 5.52 Å². The number of halogens is 1. The van der Waals surface area contributed by atoms with Crippen LogP contribution >= 0.6 is 11.6 Å². The van der Waals surface area contributed by atoms with Gasteiger partial charge in [-0.1, -0.05) is 41.9 Å². The molecule has 0 spiro atoms. The van der Waals surface area contributed by atoms with Crippen molar-refractivity contribution in [3.8, 4) is 0 Å². The predicted octanol–water partition coefficient (Wildman–Crippen LogP) is 4.33. The van der Waals surface area contributed by atoms with Gasteiger partial charge in [0.15, 0.2) is 5.65 Å². The van der Waals surface area contributed by atoms with E-state index >= 15 is 0 Å². The third-order valence-corrected chi connectivity index (χ3v) is 4.06. The van der Waals surface area contributed by atoms with Crippen molar-refractivity contribution in [2.75, 3.05) is 5.32 Å². The van der Waals surface area contributed by atoms with Crippen molar-refractivity contribution in [2.24, 2.45) is 0 Å². The van der Waals surface area contributed by atoms with E-state index in [-0.39, 0.29) is 6.04 Å². The fourth-order valence-electron chi connectivity index (χ4n) is 2.62. The molecule has 0 saturated carbocycles. The summed E-state index contributed by atoms with van der Waals surface area (Å²) in [4.78, 5) is 7.77. The monoisotopic (exact) mass is 323 g/mol. The summed E-state index contributed by atoms with van der Waals surface area (Å²) in [6.07, 6.45) is 0. The second kappa shape index (κ2) is 5.52. The average Bonchev–Trinajstić information content (AvgIpc) is 2.92. The molecular weight excluding hydrogens is 310 g/mol. The minimum absolute atomic E-state index is 0.0919. The highest BCUT2D eigenvalue weighted by atomic mass is 35.5. The number of nitrogens with one attached hydrogen (secondary N) is 2. The molecular formula is C17H14ClN5. The first-order chi connectivity index (χ1) is 11.2. The number of fused-ring (bicyclic) bond motifs is 3. The van der Waals surface area contributed by atoms with E-state index in [2.05, 4.69) is 44.5 Å². The third-order valence-electron chi connectivity index (χ3n) is 3.82. The van der Waals surface area contributed by atoms with Gasteiger partial charge in [-0.3, -0.25) is 0 Å². The van der Waals surface area contributed by atoms with E-state index in [9.17, 15) is 0 Å². The number of aromatic nitrogens is 4. The average molecular weight is 324 g/mol. The number of H-pyrrole nitrogens is 1. The van der Waals surface area contributed by atoms with E-state index < -0.39 is 0 Å². The number of benzene rings is 2. The molecule has 4 rings (SSSR count). The molecule has 6 heteroatoms. The molecule has 0 amide bonds. The maximum Gasteiger partial charge on any atom is 0.245 e. The molecule has 2 aromatic carbocycles. The van der Waals surface area contributed by atoms with Gasteiger partial charge in [0.05, 0.1) is 6.04 Å². The van der Waals surface area contributed by atoms with E-state index in [1.165, 1.54) is 5.56 Å². The molecule has 114 valence electrons. The third kappa shape index (κ3) is 2.59. The van der Waals surface area contributed by atoms with Gasteiger partial charge < -0.3 is 10.3 Å². The molecule has 23 heavy (non-hydrogen) atoms. The van der Waals surface area contributed by atoms with Crippen LogP contribution in [0.25, 0.3) is 22.1 Å². The first kappa shape index (κ1) is 14.0. The summed E-state index contributed by atoms with van der Waals surface area (Å²) in [6, 6.07) is 15.9. The highest BCUT2D eigenvalue weighted by Gasteiger charge is 2.11. The molecule has 5 nitrogen and oxygen atoms in total. The minimum atomic E-state index is 0.0919. The normalized spacial score (nSPS) is 12.6. The van der Waals surface area contributed by atoms with Crippen LogP contribution in [0.4, 0.5) is 5.95 Å². The van der Waals surface area contributed by atoms with Gasteiger partial charge in [0, 0.05) is 15.9 Å². The Morgan fingerprint density at radius 2 is 1.91 bits per heavy atom. The molecule has 4 aromatic rings. The fourth-order valence-corrected chi connectivity index (χ4v) is 2.80. The van der Waals surface area contributed by atoms with E-state index in [1.54, 1.807) is 0 Å². The van der Waals surface area contributed by atoms with Crippen molar-refractivity contribution in [2.45, 2.75) is 13.0 Å². The Bertz CT molecular complexity index is 980. The molecule has 0 aliphatic carbocycles. The Morgan fingerprint density at radius 3 is 2.74 bits per heavy atom. The van der Waals surface area contributed by atoms with Gasteiger partial charge in [-0.15, -0.1) is 10.2 Å². The van der Waals surface area contributed by atoms with E-state index in [0.29, 0.717) is 16.6 Å². The molecule has 0 aliphatic rings. The lowest BCUT2D eigenvalue weighted by Crippen LogP contribution is -2.10. The molecule has 2 N–H and O–H groups in total. The lowest BCUT2D eigenvalue weighted by atomic mass is 10.1.